The summed E-state index contributed by atoms with van der Waals surface area (Å²) in [5.41, 5.74) is 5.98. The van der Waals surface area contributed by atoms with Crippen LogP contribution in [0.2, 0.25) is 0 Å². The first-order valence-corrected chi connectivity index (χ1v) is 6.98. The molecule has 1 aliphatic rings. The van der Waals surface area contributed by atoms with E-state index < -0.39 is 11.7 Å². The van der Waals surface area contributed by atoms with E-state index in [4.69, 9.17) is 4.42 Å². The molecule has 0 radical (unpaired) electrons. The summed E-state index contributed by atoms with van der Waals surface area (Å²) in [6.45, 7) is 0. The molecule has 0 fully saturated rings. The third-order valence-electron chi connectivity index (χ3n) is 3.29. The zero-order valence-electron chi connectivity index (χ0n) is 12.1. The Labute approximate surface area is 131 Å². The first-order chi connectivity index (χ1) is 11.1. The summed E-state index contributed by atoms with van der Waals surface area (Å²) in [6, 6.07) is 9.51. The average Bonchev–Trinajstić information content (AvgIpc) is 3.21. The van der Waals surface area contributed by atoms with Crippen LogP contribution in [-0.4, -0.2) is 16.7 Å². The van der Waals surface area contributed by atoms with Crippen LogP contribution in [0.4, 0.5) is 4.39 Å². The second kappa shape index (κ2) is 6.45. The van der Waals surface area contributed by atoms with Crippen molar-refractivity contribution in [1.29, 1.82) is 0 Å². The molecule has 0 bridgehead atoms. The maximum atomic E-state index is 12.9. The van der Waals surface area contributed by atoms with E-state index in [-0.39, 0.29) is 12.2 Å². The number of halogens is 1. The number of carbonyl (C=O) groups is 2. The number of nitrogens with zero attached hydrogens (tertiary/aromatic N) is 1. The maximum Gasteiger partial charge on any atom is 0.310 e. The lowest BCUT2D eigenvalue weighted by molar-refractivity contribution is -0.144. The van der Waals surface area contributed by atoms with Gasteiger partial charge in [-0.2, -0.15) is 0 Å². The number of furan rings is 1. The fourth-order valence-corrected chi connectivity index (χ4v) is 2.16. The number of nitrogens with one attached hydrogen (secondary N) is 2. The van der Waals surface area contributed by atoms with E-state index in [1.54, 1.807) is 24.3 Å². The van der Waals surface area contributed by atoms with Crippen molar-refractivity contribution in [2.45, 2.75) is 12.8 Å². The van der Waals surface area contributed by atoms with Crippen LogP contribution in [0.5, 0.6) is 0 Å². The minimum absolute atomic E-state index is 0.117. The van der Waals surface area contributed by atoms with Crippen molar-refractivity contribution >= 4 is 11.7 Å². The van der Waals surface area contributed by atoms with E-state index in [1.165, 1.54) is 24.5 Å². The highest BCUT2D eigenvalue weighted by molar-refractivity contribution is 6.36. The van der Waals surface area contributed by atoms with E-state index in [1.807, 2.05) is 0 Å². The molecule has 0 spiro atoms. The highest BCUT2D eigenvalue weighted by Crippen LogP contribution is 2.15. The molecule has 23 heavy (non-hydrogen) atoms. The van der Waals surface area contributed by atoms with Crippen molar-refractivity contribution in [1.82, 2.24) is 16.0 Å². The van der Waals surface area contributed by atoms with E-state index in [0.717, 1.165) is 10.6 Å². The van der Waals surface area contributed by atoms with Crippen molar-refractivity contribution in [2.75, 3.05) is 0 Å². The molecule has 7 heteroatoms. The highest BCUT2D eigenvalue weighted by Gasteiger charge is 2.23. The van der Waals surface area contributed by atoms with E-state index in [9.17, 15) is 14.0 Å². The second-order valence-electron chi connectivity index (χ2n) is 5.02. The van der Waals surface area contributed by atoms with Crippen LogP contribution in [-0.2, 0) is 22.4 Å². The number of rotatable bonds is 5. The lowest BCUT2D eigenvalue weighted by Crippen LogP contribution is -2.43. The van der Waals surface area contributed by atoms with Gasteiger partial charge in [-0.1, -0.05) is 12.1 Å². The number of Topliss-reactive ketones (excluding diaryl/α,β-unsaturated/α-hetero) is 1. The Bertz CT molecular complexity index is 752. The summed E-state index contributed by atoms with van der Waals surface area (Å²) in [4.78, 5) is 23.7. The summed E-state index contributed by atoms with van der Waals surface area (Å²) in [5, 5.41) is 1.06. The van der Waals surface area contributed by atoms with Crippen LogP contribution in [0.15, 0.2) is 53.2 Å². The quantitative estimate of drug-likeness (QED) is 0.817. The molecular formula is C16H14FN3O3. The molecule has 1 aromatic carbocycles. The van der Waals surface area contributed by atoms with Crippen LogP contribution in [0.25, 0.3) is 0 Å². The number of benzene rings is 1. The topological polar surface area (TPSA) is 74.6 Å². The summed E-state index contributed by atoms with van der Waals surface area (Å²) in [6.07, 6.45) is 3.29. The van der Waals surface area contributed by atoms with Gasteiger partial charge >= 0.3 is 5.91 Å². The van der Waals surface area contributed by atoms with E-state index >= 15 is 0 Å². The first-order valence-electron chi connectivity index (χ1n) is 6.98. The molecule has 118 valence electrons. The Balaban J connectivity index is 1.60. The molecule has 3 rings (SSSR count). The molecule has 0 unspecified atom stereocenters. The molecule has 2 N–H and O–H groups in total. The monoisotopic (exact) mass is 315 g/mol. The Morgan fingerprint density at radius 3 is 2.52 bits per heavy atom. The first kappa shape index (κ1) is 15.0. The van der Waals surface area contributed by atoms with Crippen molar-refractivity contribution in [3.63, 3.8) is 0 Å². The predicted molar refractivity (Wildman–Crippen MR) is 78.9 cm³/mol. The third kappa shape index (κ3) is 3.64. The van der Waals surface area contributed by atoms with Gasteiger partial charge in [-0.3, -0.25) is 9.59 Å². The van der Waals surface area contributed by atoms with Gasteiger partial charge in [0.1, 0.15) is 17.3 Å². The number of hydrazine groups is 2. The third-order valence-corrected chi connectivity index (χ3v) is 3.29. The number of ketones is 1. The van der Waals surface area contributed by atoms with Gasteiger partial charge in [0.15, 0.2) is 0 Å². The maximum absolute atomic E-state index is 12.9. The molecule has 0 saturated heterocycles. The predicted octanol–water partition coefficient (Wildman–Crippen LogP) is 1.44. The molecule has 2 heterocycles. The molecule has 0 saturated carbocycles. The molecular weight excluding hydrogens is 301 g/mol. The molecule has 0 aliphatic carbocycles. The van der Waals surface area contributed by atoms with E-state index in [2.05, 4.69) is 11.0 Å². The number of hydrogen-bond acceptors (Lipinski definition) is 5. The van der Waals surface area contributed by atoms with Crippen LogP contribution >= 0.6 is 0 Å². The number of carbonyl (C=O) groups excluding carboxylic acids is 2. The van der Waals surface area contributed by atoms with Gasteiger partial charge in [0.25, 0.3) is 0 Å². The average molecular weight is 315 g/mol. The fraction of sp³-hybridized carbons (Fsp3) is 0.125. The summed E-state index contributed by atoms with van der Waals surface area (Å²) >= 11 is 0. The molecule has 2 aromatic rings. The zero-order chi connectivity index (χ0) is 16.2. The molecule has 1 aromatic heterocycles. The van der Waals surface area contributed by atoms with Crippen molar-refractivity contribution in [3.8, 4) is 0 Å². The van der Waals surface area contributed by atoms with Crippen LogP contribution in [0.1, 0.15) is 17.1 Å². The standard InChI is InChI=1S/C16H14FN3O3/c17-12-3-1-11(2-4-12)9-13-5-6-14(23-13)10-15(21)16(22)20-8-7-18-19-20/h1-8,18-19H,9-10H2. The van der Waals surface area contributed by atoms with Gasteiger partial charge in [0.05, 0.1) is 6.42 Å². The van der Waals surface area contributed by atoms with Crippen LogP contribution < -0.4 is 11.0 Å². The Morgan fingerprint density at radius 2 is 1.83 bits per heavy atom. The summed E-state index contributed by atoms with van der Waals surface area (Å²) < 4.78 is 18.4. The Kier molecular flexibility index (Phi) is 4.20. The number of amides is 1. The van der Waals surface area contributed by atoms with Crippen molar-refractivity contribution in [2.24, 2.45) is 0 Å². The molecule has 1 aliphatic heterocycles. The molecule has 0 atom stereocenters. The normalized spacial score (nSPS) is 13.2. The van der Waals surface area contributed by atoms with Gasteiger partial charge in [0.2, 0.25) is 5.78 Å². The highest BCUT2D eigenvalue weighted by atomic mass is 19.1. The minimum Gasteiger partial charge on any atom is -0.465 e. The smallest absolute Gasteiger partial charge is 0.310 e. The molecule has 6 nitrogen and oxygen atoms in total. The minimum atomic E-state index is -0.678. The van der Waals surface area contributed by atoms with Gasteiger partial charge in [-0.15, -0.1) is 5.53 Å². The van der Waals surface area contributed by atoms with Crippen molar-refractivity contribution < 1.29 is 18.4 Å². The lowest BCUT2D eigenvalue weighted by atomic mass is 10.1. The molecule has 1 amide bonds. The van der Waals surface area contributed by atoms with Gasteiger partial charge in [-0.05, 0) is 29.8 Å². The lowest BCUT2D eigenvalue weighted by Gasteiger charge is -2.11. The Hall–Kier alpha value is -2.93. The van der Waals surface area contributed by atoms with Crippen LogP contribution in [0, 0.1) is 5.82 Å². The van der Waals surface area contributed by atoms with Gasteiger partial charge < -0.3 is 9.84 Å². The fourth-order valence-electron chi connectivity index (χ4n) is 2.16. The Morgan fingerprint density at radius 1 is 1.09 bits per heavy atom. The largest absolute Gasteiger partial charge is 0.465 e. The zero-order valence-corrected chi connectivity index (χ0v) is 12.1. The number of hydrogen-bond donors (Lipinski definition) is 2. The second-order valence-corrected chi connectivity index (χ2v) is 5.02. The summed E-state index contributed by atoms with van der Waals surface area (Å²) in [5.74, 6) is -0.502. The SMILES string of the molecule is O=C(Cc1ccc(Cc2ccc(F)cc2)o1)C(=O)N1C=CNN1. The van der Waals surface area contributed by atoms with Gasteiger partial charge in [-0.25, -0.2) is 9.40 Å². The van der Waals surface area contributed by atoms with Gasteiger partial charge in [0, 0.05) is 18.8 Å². The van der Waals surface area contributed by atoms with Crippen LogP contribution in [0.3, 0.4) is 0 Å². The van der Waals surface area contributed by atoms with Crippen molar-refractivity contribution in [3.05, 3.63) is 71.7 Å². The van der Waals surface area contributed by atoms with E-state index in [0.29, 0.717) is 17.9 Å². The summed E-state index contributed by atoms with van der Waals surface area (Å²) in [7, 11) is 0.